The topological polar surface area (TPSA) is 40.5 Å². The van der Waals surface area contributed by atoms with Crippen molar-refractivity contribution < 1.29 is 10.2 Å². The van der Waals surface area contributed by atoms with E-state index in [0.717, 1.165) is 38.5 Å². The third kappa shape index (κ3) is 9.94. The number of hydrogen-bond donors (Lipinski definition) is 2. The lowest BCUT2D eigenvalue weighted by molar-refractivity contribution is 0.201. The molecule has 2 nitrogen and oxygen atoms in total. The molecule has 0 saturated carbocycles. The number of hydrogen-bond acceptors (Lipinski definition) is 2. The molecule has 94 valence electrons. The van der Waals surface area contributed by atoms with Gasteiger partial charge in [0, 0.05) is 0 Å². The monoisotopic (exact) mass is 226 g/mol. The fourth-order valence-corrected chi connectivity index (χ4v) is 1.70. The lowest BCUT2D eigenvalue weighted by atomic mass is 10.1. The van der Waals surface area contributed by atoms with E-state index in [0.29, 0.717) is 0 Å². The van der Waals surface area contributed by atoms with Crippen LogP contribution < -0.4 is 0 Å². The lowest BCUT2D eigenvalue weighted by Gasteiger charge is -2.06. The molecule has 0 amide bonds. The van der Waals surface area contributed by atoms with Crippen LogP contribution >= 0.6 is 0 Å². The van der Waals surface area contributed by atoms with Gasteiger partial charge >= 0.3 is 0 Å². The van der Waals surface area contributed by atoms with Gasteiger partial charge in [0.05, 0.1) is 12.2 Å². The summed E-state index contributed by atoms with van der Waals surface area (Å²) >= 11 is 0. The highest BCUT2D eigenvalue weighted by molar-refractivity contribution is 4.85. The molecule has 0 rings (SSSR count). The molecule has 0 bridgehead atoms. The number of allylic oxidation sites excluding steroid dienone is 2. The summed E-state index contributed by atoms with van der Waals surface area (Å²) in [5.74, 6) is 0. The Morgan fingerprint density at radius 1 is 0.750 bits per heavy atom. The minimum atomic E-state index is -0.279. The van der Waals surface area contributed by atoms with Gasteiger partial charge in [-0.2, -0.15) is 0 Å². The fraction of sp³-hybridized carbons (Fsp3) is 0.714. The van der Waals surface area contributed by atoms with Crippen LogP contribution in [0.4, 0.5) is 0 Å². The summed E-state index contributed by atoms with van der Waals surface area (Å²) in [4.78, 5) is 0. The Labute approximate surface area is 99.7 Å². The van der Waals surface area contributed by atoms with Gasteiger partial charge < -0.3 is 10.2 Å². The maximum absolute atomic E-state index is 9.43. The third-order valence-electron chi connectivity index (χ3n) is 2.58. The zero-order valence-corrected chi connectivity index (χ0v) is 10.6. The molecule has 0 saturated heterocycles. The Morgan fingerprint density at radius 2 is 1.12 bits per heavy atom. The summed E-state index contributed by atoms with van der Waals surface area (Å²) < 4.78 is 0. The standard InChI is InChI=1S/C14H26O2/c1-3-9-13(15)11-7-5-6-8-12-14(16)10-4-2/h3-4,9-10,13-16H,5-8,11-12H2,1-2H3/b9-3+,10-4+. The Bertz CT molecular complexity index is 175. The van der Waals surface area contributed by atoms with Crippen molar-refractivity contribution in [3.63, 3.8) is 0 Å². The third-order valence-corrected chi connectivity index (χ3v) is 2.58. The van der Waals surface area contributed by atoms with Gasteiger partial charge in [-0.1, -0.05) is 50.0 Å². The number of aliphatic hydroxyl groups excluding tert-OH is 2. The second-order valence-electron chi connectivity index (χ2n) is 4.18. The Kier molecular flexibility index (Phi) is 10.5. The molecular weight excluding hydrogens is 200 g/mol. The average Bonchev–Trinajstić information content (AvgIpc) is 2.24. The predicted molar refractivity (Wildman–Crippen MR) is 69.3 cm³/mol. The molecule has 0 aliphatic heterocycles. The first kappa shape index (κ1) is 15.4. The van der Waals surface area contributed by atoms with Crippen LogP contribution in [0.1, 0.15) is 52.4 Å². The van der Waals surface area contributed by atoms with Crippen molar-refractivity contribution in [2.45, 2.75) is 64.6 Å². The van der Waals surface area contributed by atoms with Crippen molar-refractivity contribution >= 4 is 0 Å². The van der Waals surface area contributed by atoms with Crippen LogP contribution in [-0.4, -0.2) is 22.4 Å². The van der Waals surface area contributed by atoms with E-state index < -0.39 is 0 Å². The van der Waals surface area contributed by atoms with Crippen LogP contribution in [0, 0.1) is 0 Å². The van der Waals surface area contributed by atoms with E-state index in [2.05, 4.69) is 0 Å². The molecule has 0 fully saturated rings. The molecule has 0 aliphatic carbocycles. The van der Waals surface area contributed by atoms with E-state index in [1.54, 1.807) is 0 Å². The maximum atomic E-state index is 9.43. The van der Waals surface area contributed by atoms with Crippen molar-refractivity contribution in [2.75, 3.05) is 0 Å². The first-order valence-corrected chi connectivity index (χ1v) is 6.32. The molecule has 2 unspecified atom stereocenters. The fourth-order valence-electron chi connectivity index (χ4n) is 1.70. The highest BCUT2D eigenvalue weighted by Crippen LogP contribution is 2.10. The summed E-state index contributed by atoms with van der Waals surface area (Å²) in [6.07, 6.45) is 13.0. The van der Waals surface area contributed by atoms with Crippen LogP contribution in [-0.2, 0) is 0 Å². The molecule has 0 aliphatic rings. The smallest absolute Gasteiger partial charge is 0.0720 e. The van der Waals surface area contributed by atoms with Crippen molar-refractivity contribution in [2.24, 2.45) is 0 Å². The lowest BCUT2D eigenvalue weighted by Crippen LogP contribution is -2.02. The van der Waals surface area contributed by atoms with Gasteiger partial charge in [0.1, 0.15) is 0 Å². The Morgan fingerprint density at radius 3 is 1.44 bits per heavy atom. The number of rotatable bonds is 9. The van der Waals surface area contributed by atoms with Gasteiger partial charge in [0.25, 0.3) is 0 Å². The van der Waals surface area contributed by atoms with Gasteiger partial charge in [0.15, 0.2) is 0 Å². The van der Waals surface area contributed by atoms with Gasteiger partial charge in [-0.3, -0.25) is 0 Å². The first-order chi connectivity index (χ1) is 7.70. The molecule has 2 N–H and O–H groups in total. The maximum Gasteiger partial charge on any atom is 0.0720 e. The van der Waals surface area contributed by atoms with E-state index >= 15 is 0 Å². The van der Waals surface area contributed by atoms with E-state index in [4.69, 9.17) is 0 Å². The Balaban J connectivity index is 3.27. The first-order valence-electron chi connectivity index (χ1n) is 6.32. The zero-order chi connectivity index (χ0) is 12.2. The second-order valence-corrected chi connectivity index (χ2v) is 4.18. The van der Waals surface area contributed by atoms with Crippen LogP contribution in [0.25, 0.3) is 0 Å². The van der Waals surface area contributed by atoms with Crippen molar-refractivity contribution in [1.29, 1.82) is 0 Å². The molecule has 16 heavy (non-hydrogen) atoms. The molecular formula is C14H26O2. The molecule has 2 heteroatoms. The number of unbranched alkanes of at least 4 members (excludes halogenated alkanes) is 3. The highest BCUT2D eigenvalue weighted by Gasteiger charge is 2.00. The van der Waals surface area contributed by atoms with Crippen LogP contribution in [0.15, 0.2) is 24.3 Å². The van der Waals surface area contributed by atoms with Gasteiger partial charge in [0.2, 0.25) is 0 Å². The largest absolute Gasteiger partial charge is 0.389 e. The predicted octanol–water partition coefficient (Wildman–Crippen LogP) is 3.20. The molecule has 0 heterocycles. The van der Waals surface area contributed by atoms with E-state index in [1.165, 1.54) is 0 Å². The van der Waals surface area contributed by atoms with Crippen molar-refractivity contribution in [1.82, 2.24) is 0 Å². The molecule has 0 spiro atoms. The molecule has 0 aromatic heterocycles. The van der Waals surface area contributed by atoms with E-state index in [9.17, 15) is 10.2 Å². The van der Waals surface area contributed by atoms with E-state index in [1.807, 2.05) is 38.2 Å². The summed E-state index contributed by atoms with van der Waals surface area (Å²) in [6.45, 7) is 3.84. The summed E-state index contributed by atoms with van der Waals surface area (Å²) in [5.41, 5.74) is 0. The quantitative estimate of drug-likeness (QED) is 0.468. The summed E-state index contributed by atoms with van der Waals surface area (Å²) in [6, 6.07) is 0. The second kappa shape index (κ2) is 10.9. The average molecular weight is 226 g/mol. The van der Waals surface area contributed by atoms with Crippen LogP contribution in [0.3, 0.4) is 0 Å². The SMILES string of the molecule is C/C=C/C(O)CCCCCCC(O)/C=C/C. The van der Waals surface area contributed by atoms with Gasteiger partial charge in [-0.15, -0.1) is 0 Å². The van der Waals surface area contributed by atoms with Gasteiger partial charge in [-0.05, 0) is 26.7 Å². The molecule has 2 atom stereocenters. The molecule has 0 radical (unpaired) electrons. The van der Waals surface area contributed by atoms with Gasteiger partial charge in [-0.25, -0.2) is 0 Å². The minimum absolute atomic E-state index is 0.279. The van der Waals surface area contributed by atoms with E-state index in [-0.39, 0.29) is 12.2 Å². The number of aliphatic hydroxyl groups is 2. The van der Waals surface area contributed by atoms with Crippen LogP contribution in [0.5, 0.6) is 0 Å². The van der Waals surface area contributed by atoms with Crippen molar-refractivity contribution in [3.8, 4) is 0 Å². The molecule has 0 aromatic rings. The zero-order valence-electron chi connectivity index (χ0n) is 10.6. The minimum Gasteiger partial charge on any atom is -0.389 e. The van der Waals surface area contributed by atoms with Crippen molar-refractivity contribution in [3.05, 3.63) is 24.3 Å². The van der Waals surface area contributed by atoms with Crippen LogP contribution in [0.2, 0.25) is 0 Å². The normalized spacial score (nSPS) is 16.0. The molecule has 0 aromatic carbocycles. The summed E-state index contributed by atoms with van der Waals surface area (Å²) in [5, 5.41) is 18.9. The Hall–Kier alpha value is -0.600. The summed E-state index contributed by atoms with van der Waals surface area (Å²) in [7, 11) is 0. The highest BCUT2D eigenvalue weighted by atomic mass is 16.3.